The van der Waals surface area contributed by atoms with Crippen LogP contribution in [0.25, 0.3) is 0 Å². The van der Waals surface area contributed by atoms with Crippen LogP contribution in [0.5, 0.6) is 0 Å². The Kier molecular flexibility index (Phi) is 4.51. The average molecular weight is 199 g/mol. The van der Waals surface area contributed by atoms with Gasteiger partial charge >= 0.3 is 0 Å². The lowest BCUT2D eigenvalue weighted by Gasteiger charge is -2.32. The van der Waals surface area contributed by atoms with Crippen LogP contribution in [-0.2, 0) is 4.79 Å². The van der Waals surface area contributed by atoms with E-state index in [1.807, 2.05) is 0 Å². The van der Waals surface area contributed by atoms with Crippen molar-refractivity contribution in [2.75, 3.05) is 39.8 Å². The molecule has 4 nitrogen and oxygen atoms in total. The van der Waals surface area contributed by atoms with Crippen molar-refractivity contribution in [3.05, 3.63) is 0 Å². The van der Waals surface area contributed by atoms with E-state index in [-0.39, 0.29) is 11.8 Å². The lowest BCUT2D eigenvalue weighted by Crippen LogP contribution is -2.45. The van der Waals surface area contributed by atoms with Gasteiger partial charge in [-0.1, -0.05) is 0 Å². The van der Waals surface area contributed by atoms with E-state index in [4.69, 9.17) is 5.73 Å². The molecule has 1 saturated heterocycles. The molecule has 0 aromatic heterocycles. The third-order valence-corrected chi connectivity index (χ3v) is 2.78. The minimum atomic E-state index is -0.303. The molecule has 1 fully saturated rings. The van der Waals surface area contributed by atoms with Crippen molar-refractivity contribution in [2.24, 2.45) is 5.73 Å². The first kappa shape index (κ1) is 11.6. The van der Waals surface area contributed by atoms with Gasteiger partial charge in [0.15, 0.2) is 5.78 Å². The monoisotopic (exact) mass is 199 g/mol. The van der Waals surface area contributed by atoms with Gasteiger partial charge in [-0.3, -0.25) is 4.79 Å². The van der Waals surface area contributed by atoms with Crippen LogP contribution >= 0.6 is 0 Å². The van der Waals surface area contributed by atoms with Crippen molar-refractivity contribution in [1.82, 2.24) is 9.80 Å². The van der Waals surface area contributed by atoms with Crippen LogP contribution < -0.4 is 5.73 Å². The van der Waals surface area contributed by atoms with Crippen molar-refractivity contribution >= 4 is 5.78 Å². The topological polar surface area (TPSA) is 49.6 Å². The maximum Gasteiger partial charge on any atom is 0.150 e. The van der Waals surface area contributed by atoms with E-state index < -0.39 is 0 Å². The molecule has 14 heavy (non-hydrogen) atoms. The molecular formula is C10H21N3O. The Morgan fingerprint density at radius 3 is 2.43 bits per heavy atom. The minimum Gasteiger partial charge on any atom is -0.322 e. The number of Topliss-reactive ketones (excluding diaryl/α,β-unsaturated/α-hetero) is 1. The Balaban J connectivity index is 2.16. The molecule has 1 atom stereocenters. The highest BCUT2D eigenvalue weighted by atomic mass is 16.1. The van der Waals surface area contributed by atoms with Gasteiger partial charge in [0.25, 0.3) is 0 Å². The van der Waals surface area contributed by atoms with Crippen LogP contribution in [0.4, 0.5) is 0 Å². The lowest BCUT2D eigenvalue weighted by atomic mass is 10.1. The summed E-state index contributed by atoms with van der Waals surface area (Å²) in [6, 6.07) is -0.303. The van der Waals surface area contributed by atoms with Crippen molar-refractivity contribution in [2.45, 2.75) is 19.4 Å². The molecule has 1 rings (SSSR count). The number of likely N-dealkylation sites (N-methyl/N-ethyl adjacent to an activating group) is 1. The number of nitrogens with zero attached hydrogens (tertiary/aromatic N) is 2. The highest BCUT2D eigenvalue weighted by molar-refractivity contribution is 5.83. The molecule has 0 aromatic rings. The predicted molar refractivity (Wildman–Crippen MR) is 57.2 cm³/mol. The van der Waals surface area contributed by atoms with E-state index in [9.17, 15) is 4.79 Å². The van der Waals surface area contributed by atoms with E-state index in [0.29, 0.717) is 6.42 Å². The summed E-state index contributed by atoms with van der Waals surface area (Å²) in [7, 11) is 2.13. The standard InChI is InChI=1S/C10H21N3O/c1-9(11)10(14)3-4-13-7-5-12(2)6-8-13/h9H,3-8,11H2,1-2H3. The number of piperazine rings is 1. The number of carbonyl (C=O) groups excluding carboxylic acids is 1. The first-order chi connectivity index (χ1) is 6.59. The summed E-state index contributed by atoms with van der Waals surface area (Å²) in [6.45, 7) is 6.98. The first-order valence-corrected chi connectivity index (χ1v) is 5.29. The number of nitrogens with two attached hydrogens (primary N) is 1. The number of ketones is 1. The van der Waals surface area contributed by atoms with E-state index in [1.54, 1.807) is 6.92 Å². The average Bonchev–Trinajstić information content (AvgIpc) is 2.16. The largest absolute Gasteiger partial charge is 0.322 e. The highest BCUT2D eigenvalue weighted by Gasteiger charge is 2.15. The molecule has 2 N–H and O–H groups in total. The molecule has 0 radical (unpaired) electrons. The molecule has 0 aliphatic carbocycles. The number of carbonyl (C=O) groups is 1. The van der Waals surface area contributed by atoms with Gasteiger partial charge < -0.3 is 15.5 Å². The minimum absolute atomic E-state index is 0.170. The molecule has 0 bridgehead atoms. The van der Waals surface area contributed by atoms with Gasteiger partial charge in [-0.2, -0.15) is 0 Å². The number of rotatable bonds is 4. The van der Waals surface area contributed by atoms with Gasteiger partial charge in [-0.25, -0.2) is 0 Å². The lowest BCUT2D eigenvalue weighted by molar-refractivity contribution is -0.120. The van der Waals surface area contributed by atoms with Crippen molar-refractivity contribution in [3.8, 4) is 0 Å². The third kappa shape index (κ3) is 3.74. The molecule has 1 aliphatic rings. The van der Waals surface area contributed by atoms with Gasteiger partial charge in [0.1, 0.15) is 0 Å². The zero-order valence-electron chi connectivity index (χ0n) is 9.20. The van der Waals surface area contributed by atoms with Crippen molar-refractivity contribution < 1.29 is 4.79 Å². The quantitative estimate of drug-likeness (QED) is 0.665. The molecule has 82 valence electrons. The molecule has 0 spiro atoms. The first-order valence-electron chi connectivity index (χ1n) is 5.29. The summed E-state index contributed by atoms with van der Waals surface area (Å²) >= 11 is 0. The summed E-state index contributed by atoms with van der Waals surface area (Å²) in [5.74, 6) is 0.170. The van der Waals surface area contributed by atoms with E-state index in [1.165, 1.54) is 0 Å². The second-order valence-corrected chi connectivity index (χ2v) is 4.15. The van der Waals surface area contributed by atoms with Crippen LogP contribution in [0, 0.1) is 0 Å². The van der Waals surface area contributed by atoms with Gasteiger partial charge in [0, 0.05) is 39.1 Å². The normalized spacial score (nSPS) is 22.2. The Bertz CT molecular complexity index is 186. The Labute approximate surface area is 86.0 Å². The summed E-state index contributed by atoms with van der Waals surface area (Å²) < 4.78 is 0. The van der Waals surface area contributed by atoms with Gasteiger partial charge in [-0.15, -0.1) is 0 Å². The molecule has 0 amide bonds. The summed E-state index contributed by atoms with van der Waals surface area (Å²) in [6.07, 6.45) is 0.599. The molecule has 4 heteroatoms. The number of hydrogen-bond acceptors (Lipinski definition) is 4. The third-order valence-electron chi connectivity index (χ3n) is 2.78. The van der Waals surface area contributed by atoms with Crippen molar-refractivity contribution in [1.29, 1.82) is 0 Å². The smallest absolute Gasteiger partial charge is 0.150 e. The second kappa shape index (κ2) is 5.44. The van der Waals surface area contributed by atoms with Crippen LogP contribution in [0.2, 0.25) is 0 Å². The fourth-order valence-corrected chi connectivity index (χ4v) is 1.57. The second-order valence-electron chi connectivity index (χ2n) is 4.15. The number of hydrogen-bond donors (Lipinski definition) is 1. The predicted octanol–water partition coefficient (Wildman–Crippen LogP) is -0.460. The highest BCUT2D eigenvalue weighted by Crippen LogP contribution is 2.00. The Hall–Kier alpha value is -0.450. The fraction of sp³-hybridized carbons (Fsp3) is 0.900. The molecular weight excluding hydrogens is 178 g/mol. The maximum atomic E-state index is 11.3. The van der Waals surface area contributed by atoms with E-state index in [2.05, 4.69) is 16.8 Å². The van der Waals surface area contributed by atoms with Gasteiger partial charge in [0.05, 0.1) is 6.04 Å². The Morgan fingerprint density at radius 2 is 1.93 bits per heavy atom. The molecule has 1 aliphatic heterocycles. The van der Waals surface area contributed by atoms with Gasteiger partial charge in [0.2, 0.25) is 0 Å². The van der Waals surface area contributed by atoms with Crippen LogP contribution in [-0.4, -0.2) is 61.4 Å². The van der Waals surface area contributed by atoms with Crippen LogP contribution in [0.15, 0.2) is 0 Å². The van der Waals surface area contributed by atoms with Gasteiger partial charge in [-0.05, 0) is 14.0 Å². The summed E-state index contributed by atoms with van der Waals surface area (Å²) in [4.78, 5) is 15.9. The molecule has 0 aromatic carbocycles. The SMILES string of the molecule is CC(N)C(=O)CCN1CCN(C)CC1. The Morgan fingerprint density at radius 1 is 1.36 bits per heavy atom. The fourth-order valence-electron chi connectivity index (χ4n) is 1.57. The van der Waals surface area contributed by atoms with Crippen LogP contribution in [0.1, 0.15) is 13.3 Å². The molecule has 0 saturated carbocycles. The molecule has 1 heterocycles. The molecule has 1 unspecified atom stereocenters. The van der Waals surface area contributed by atoms with Crippen LogP contribution in [0.3, 0.4) is 0 Å². The van der Waals surface area contributed by atoms with E-state index >= 15 is 0 Å². The van der Waals surface area contributed by atoms with Crippen molar-refractivity contribution in [3.63, 3.8) is 0 Å². The maximum absolute atomic E-state index is 11.3. The zero-order chi connectivity index (χ0) is 10.6. The van der Waals surface area contributed by atoms with E-state index in [0.717, 1.165) is 32.7 Å². The summed E-state index contributed by atoms with van der Waals surface area (Å²) in [5, 5.41) is 0. The summed E-state index contributed by atoms with van der Waals surface area (Å²) in [5.41, 5.74) is 5.50. The zero-order valence-corrected chi connectivity index (χ0v) is 9.20.